The van der Waals surface area contributed by atoms with Crippen molar-refractivity contribution in [3.8, 4) is 17.0 Å². The van der Waals surface area contributed by atoms with Crippen molar-refractivity contribution in [2.45, 2.75) is 44.9 Å². The number of rotatable bonds is 8. The summed E-state index contributed by atoms with van der Waals surface area (Å²) >= 11 is 0. The van der Waals surface area contributed by atoms with Crippen LogP contribution in [0.25, 0.3) is 11.3 Å². The van der Waals surface area contributed by atoms with Gasteiger partial charge in [-0.3, -0.25) is 4.79 Å². The first-order valence-corrected chi connectivity index (χ1v) is 12.5. The van der Waals surface area contributed by atoms with Gasteiger partial charge in [0.05, 0.1) is 17.2 Å². The summed E-state index contributed by atoms with van der Waals surface area (Å²) in [6.45, 7) is 8.83. The average molecular weight is 448 g/mol. The Balaban J connectivity index is 2.10. The molecule has 1 aliphatic rings. The fourth-order valence-electron chi connectivity index (χ4n) is 3.88. The van der Waals surface area contributed by atoms with Gasteiger partial charge in [-0.2, -0.15) is 4.31 Å². The highest BCUT2D eigenvalue weighted by Gasteiger charge is 2.28. The van der Waals surface area contributed by atoms with Gasteiger partial charge in [0.25, 0.3) is 5.56 Å². The van der Waals surface area contributed by atoms with Crippen molar-refractivity contribution in [3.63, 3.8) is 0 Å². The zero-order valence-corrected chi connectivity index (χ0v) is 19.7. The molecule has 1 fully saturated rings. The summed E-state index contributed by atoms with van der Waals surface area (Å²) in [5, 5.41) is 0. The Hall–Kier alpha value is -2.16. The summed E-state index contributed by atoms with van der Waals surface area (Å²) in [6, 6.07) is 6.88. The van der Waals surface area contributed by atoms with E-state index in [1.165, 1.54) is 4.31 Å². The summed E-state index contributed by atoms with van der Waals surface area (Å²) in [4.78, 5) is 18.0. The van der Waals surface area contributed by atoms with Gasteiger partial charge in [-0.1, -0.05) is 20.8 Å². The molecule has 0 unspecified atom stereocenters. The van der Waals surface area contributed by atoms with Crippen molar-refractivity contribution < 1.29 is 13.2 Å². The number of nitrogens with zero attached hydrogens (tertiary/aromatic N) is 2. The minimum Gasteiger partial charge on any atom is -0.493 e. The summed E-state index contributed by atoms with van der Waals surface area (Å²) in [5.74, 6) is 0.570. The van der Waals surface area contributed by atoms with E-state index >= 15 is 0 Å². The molecule has 0 spiro atoms. The van der Waals surface area contributed by atoms with E-state index in [0.717, 1.165) is 24.0 Å². The number of hydrogen-bond donors (Lipinski definition) is 1. The van der Waals surface area contributed by atoms with Crippen molar-refractivity contribution in [2.75, 3.05) is 39.8 Å². The highest BCUT2D eigenvalue weighted by molar-refractivity contribution is 7.89. The van der Waals surface area contributed by atoms with Gasteiger partial charge in [0.1, 0.15) is 5.75 Å². The quantitative estimate of drug-likeness (QED) is 0.673. The van der Waals surface area contributed by atoms with E-state index in [9.17, 15) is 13.2 Å². The van der Waals surface area contributed by atoms with Crippen LogP contribution in [0.5, 0.6) is 5.75 Å². The van der Waals surface area contributed by atoms with Crippen molar-refractivity contribution >= 4 is 10.0 Å². The normalized spacial score (nSPS) is 15.9. The lowest BCUT2D eigenvalue weighted by atomic mass is 10.0. The number of aromatic amines is 1. The summed E-state index contributed by atoms with van der Waals surface area (Å²) in [7, 11) is -1.64. The number of piperazine rings is 1. The predicted octanol–water partition coefficient (Wildman–Crippen LogP) is 2.89. The van der Waals surface area contributed by atoms with Crippen LogP contribution < -0.4 is 10.3 Å². The van der Waals surface area contributed by atoms with Crippen LogP contribution in [0.3, 0.4) is 0 Å². The molecule has 2 heterocycles. The second-order valence-corrected chi connectivity index (χ2v) is 9.87. The van der Waals surface area contributed by atoms with Gasteiger partial charge in [-0.25, -0.2) is 8.42 Å². The van der Waals surface area contributed by atoms with Crippen LogP contribution in [0.1, 0.15) is 38.3 Å². The topological polar surface area (TPSA) is 82.7 Å². The van der Waals surface area contributed by atoms with Crippen LogP contribution in [0.2, 0.25) is 0 Å². The van der Waals surface area contributed by atoms with Gasteiger partial charge in [-0.05, 0) is 56.1 Å². The fraction of sp³-hybridized carbons (Fsp3) is 0.522. The molecule has 7 nitrogen and oxygen atoms in total. The first-order valence-electron chi connectivity index (χ1n) is 11.0. The number of benzene rings is 1. The number of likely N-dealkylation sites (N-methyl/N-ethyl adjacent to an activating group) is 1. The first kappa shape index (κ1) is 23.5. The molecule has 0 amide bonds. The van der Waals surface area contributed by atoms with Gasteiger partial charge in [-0.15, -0.1) is 0 Å². The van der Waals surface area contributed by atoms with Gasteiger partial charge >= 0.3 is 0 Å². The van der Waals surface area contributed by atoms with Gasteiger partial charge in [0, 0.05) is 37.3 Å². The molecule has 0 aliphatic carbocycles. The van der Waals surface area contributed by atoms with Gasteiger partial charge in [0.2, 0.25) is 10.0 Å². The number of sulfonamides is 1. The Morgan fingerprint density at radius 1 is 1.03 bits per heavy atom. The number of nitrogens with one attached hydrogen (secondary N) is 1. The SMILES string of the molecule is CCCOc1ccc(S(=O)(=O)N2CCN(C)CC2)cc1-c1cc(CC)c(CC)c(=O)[nH]1. The number of ether oxygens (including phenoxy) is 1. The molecule has 2 aromatic rings. The smallest absolute Gasteiger partial charge is 0.251 e. The third kappa shape index (κ3) is 5.02. The molecule has 1 aromatic carbocycles. The van der Waals surface area contributed by atoms with E-state index in [0.29, 0.717) is 56.2 Å². The van der Waals surface area contributed by atoms with Crippen molar-refractivity contribution in [1.29, 1.82) is 0 Å². The zero-order chi connectivity index (χ0) is 22.6. The van der Waals surface area contributed by atoms with E-state index in [4.69, 9.17) is 4.74 Å². The third-order valence-corrected chi connectivity index (χ3v) is 7.66. The second kappa shape index (κ2) is 9.97. The minimum atomic E-state index is -3.63. The average Bonchev–Trinajstić information content (AvgIpc) is 2.77. The molecule has 170 valence electrons. The Morgan fingerprint density at radius 3 is 2.35 bits per heavy atom. The molecule has 0 saturated carbocycles. The van der Waals surface area contributed by atoms with E-state index in [1.807, 2.05) is 33.9 Å². The maximum Gasteiger partial charge on any atom is 0.251 e. The van der Waals surface area contributed by atoms with E-state index in [1.54, 1.807) is 18.2 Å². The van der Waals surface area contributed by atoms with Crippen LogP contribution in [0.15, 0.2) is 34.0 Å². The number of hydrogen-bond acceptors (Lipinski definition) is 5. The lowest BCUT2D eigenvalue weighted by Crippen LogP contribution is -2.47. The Kier molecular flexibility index (Phi) is 7.56. The van der Waals surface area contributed by atoms with Gasteiger partial charge < -0.3 is 14.6 Å². The minimum absolute atomic E-state index is 0.134. The molecule has 1 aliphatic heterocycles. The lowest BCUT2D eigenvalue weighted by molar-refractivity contribution is 0.222. The van der Waals surface area contributed by atoms with Crippen molar-refractivity contribution in [3.05, 3.63) is 45.7 Å². The zero-order valence-electron chi connectivity index (χ0n) is 18.9. The summed E-state index contributed by atoms with van der Waals surface area (Å²) in [5.41, 5.74) is 2.78. The maximum atomic E-state index is 13.3. The predicted molar refractivity (Wildman–Crippen MR) is 123 cm³/mol. The highest BCUT2D eigenvalue weighted by Crippen LogP contribution is 2.33. The largest absolute Gasteiger partial charge is 0.493 e. The van der Waals surface area contributed by atoms with Gasteiger partial charge in [0.15, 0.2) is 0 Å². The number of aromatic nitrogens is 1. The first-order chi connectivity index (χ1) is 14.8. The Morgan fingerprint density at radius 2 is 1.74 bits per heavy atom. The maximum absolute atomic E-state index is 13.3. The molecule has 0 bridgehead atoms. The third-order valence-electron chi connectivity index (χ3n) is 5.77. The Labute approximate surface area is 185 Å². The molecule has 31 heavy (non-hydrogen) atoms. The summed E-state index contributed by atoms with van der Waals surface area (Å²) < 4.78 is 34.0. The second-order valence-electron chi connectivity index (χ2n) is 7.94. The van der Waals surface area contributed by atoms with Crippen LogP contribution >= 0.6 is 0 Å². The lowest BCUT2D eigenvalue weighted by Gasteiger charge is -2.31. The number of aryl methyl sites for hydroxylation is 1. The highest BCUT2D eigenvalue weighted by atomic mass is 32.2. The molecule has 0 atom stereocenters. The standard InChI is InChI=1S/C23H33N3O4S/c1-5-14-30-22-9-8-18(31(28,29)26-12-10-25(4)11-13-26)16-20(22)21-15-17(6-2)19(7-3)23(27)24-21/h8-9,15-16H,5-7,10-14H2,1-4H3,(H,24,27). The van der Waals surface area contributed by atoms with Crippen LogP contribution in [-0.4, -0.2) is 62.4 Å². The van der Waals surface area contributed by atoms with Crippen molar-refractivity contribution in [1.82, 2.24) is 14.2 Å². The molecule has 1 saturated heterocycles. The van der Waals surface area contributed by atoms with Crippen LogP contribution in [0.4, 0.5) is 0 Å². The monoisotopic (exact) mass is 447 g/mol. The fourth-order valence-corrected chi connectivity index (χ4v) is 5.33. The Bertz CT molecular complexity index is 1070. The van der Waals surface area contributed by atoms with Crippen LogP contribution in [0, 0.1) is 0 Å². The summed E-state index contributed by atoms with van der Waals surface area (Å²) in [6.07, 6.45) is 2.20. The van der Waals surface area contributed by atoms with Crippen molar-refractivity contribution in [2.24, 2.45) is 0 Å². The molecular formula is C23H33N3O4S. The molecule has 0 radical (unpaired) electrons. The molecule has 3 rings (SSSR count). The molecular weight excluding hydrogens is 414 g/mol. The molecule has 1 aromatic heterocycles. The number of H-pyrrole nitrogens is 1. The van der Waals surface area contributed by atoms with E-state index < -0.39 is 10.0 Å². The van der Waals surface area contributed by atoms with Crippen LogP contribution in [-0.2, 0) is 22.9 Å². The van der Waals surface area contributed by atoms with E-state index in [-0.39, 0.29) is 10.5 Å². The molecule has 8 heteroatoms. The number of pyridine rings is 1. The van der Waals surface area contributed by atoms with E-state index in [2.05, 4.69) is 9.88 Å². The molecule has 1 N–H and O–H groups in total.